The van der Waals surface area contributed by atoms with Gasteiger partial charge in [-0.2, -0.15) is 0 Å². The van der Waals surface area contributed by atoms with Gasteiger partial charge in [-0.05, 0) is 39.7 Å². The lowest BCUT2D eigenvalue weighted by Crippen LogP contribution is -2.34. The summed E-state index contributed by atoms with van der Waals surface area (Å²) in [6.07, 6.45) is 2.11. The molecule has 0 saturated carbocycles. The molecule has 1 aliphatic carbocycles. The van der Waals surface area contributed by atoms with Crippen LogP contribution in [0.25, 0.3) is 0 Å². The van der Waals surface area contributed by atoms with E-state index in [1.807, 2.05) is 45.0 Å². The Morgan fingerprint density at radius 1 is 1.23 bits per heavy atom. The van der Waals surface area contributed by atoms with Crippen LogP contribution >= 0.6 is 0 Å². The molecule has 1 heterocycles. The summed E-state index contributed by atoms with van der Waals surface area (Å²) in [7, 11) is 1.36. The number of benzene rings is 1. The van der Waals surface area contributed by atoms with Crippen molar-refractivity contribution in [2.45, 2.75) is 52.1 Å². The van der Waals surface area contributed by atoms with Crippen LogP contribution in [0.3, 0.4) is 0 Å². The van der Waals surface area contributed by atoms with Gasteiger partial charge in [-0.25, -0.2) is 4.79 Å². The Morgan fingerprint density at radius 2 is 1.96 bits per heavy atom. The number of hydrogen-bond donors (Lipinski definition) is 1. The summed E-state index contributed by atoms with van der Waals surface area (Å²) in [5.74, 6) is -0.128. The SMILES string of the molecule is COC(=O)C1=C(C)NC2=C(C(=O)CCC2)C1c1ccccc1OC(C)C. The molecule has 0 saturated heterocycles. The maximum atomic E-state index is 12.8. The molecule has 1 unspecified atom stereocenters. The highest BCUT2D eigenvalue weighted by atomic mass is 16.5. The van der Waals surface area contributed by atoms with E-state index in [2.05, 4.69) is 5.32 Å². The minimum absolute atomic E-state index is 0.0139. The van der Waals surface area contributed by atoms with Crippen LogP contribution < -0.4 is 10.1 Å². The largest absolute Gasteiger partial charge is 0.491 e. The van der Waals surface area contributed by atoms with Gasteiger partial charge in [-0.15, -0.1) is 0 Å². The van der Waals surface area contributed by atoms with Gasteiger partial charge in [0.15, 0.2) is 5.78 Å². The first-order valence-corrected chi connectivity index (χ1v) is 9.02. The number of Topliss-reactive ketones (excluding diaryl/α,β-unsaturated/α-hetero) is 1. The second kappa shape index (κ2) is 7.36. The van der Waals surface area contributed by atoms with Gasteiger partial charge in [-0.1, -0.05) is 18.2 Å². The highest BCUT2D eigenvalue weighted by Crippen LogP contribution is 2.45. The van der Waals surface area contributed by atoms with Crippen molar-refractivity contribution in [2.24, 2.45) is 0 Å². The van der Waals surface area contributed by atoms with Crippen LogP contribution in [-0.2, 0) is 14.3 Å². The first kappa shape index (κ1) is 18.2. The van der Waals surface area contributed by atoms with Crippen LogP contribution in [0.4, 0.5) is 0 Å². The lowest BCUT2D eigenvalue weighted by Gasteiger charge is -2.34. The van der Waals surface area contributed by atoms with Crippen LogP contribution in [0.1, 0.15) is 51.5 Å². The van der Waals surface area contributed by atoms with E-state index in [0.717, 1.165) is 29.8 Å². The second-order valence-corrected chi connectivity index (χ2v) is 6.96. The molecule has 0 radical (unpaired) electrons. The van der Waals surface area contributed by atoms with E-state index < -0.39 is 11.9 Å². The fraction of sp³-hybridized carbons (Fsp3) is 0.429. The van der Waals surface area contributed by atoms with Crippen molar-refractivity contribution in [3.8, 4) is 5.75 Å². The molecule has 1 atom stereocenters. The topological polar surface area (TPSA) is 64.6 Å². The third kappa shape index (κ3) is 3.26. The molecule has 0 spiro atoms. The standard InChI is InChI=1S/C21H25NO4/c1-12(2)26-17-11-6-5-8-14(17)19-18(21(24)25-4)13(3)22-15-9-7-10-16(23)20(15)19/h5-6,8,11-12,19,22H,7,9-10H2,1-4H3. The minimum Gasteiger partial charge on any atom is -0.491 e. The number of hydrogen-bond acceptors (Lipinski definition) is 5. The van der Waals surface area contributed by atoms with E-state index in [0.29, 0.717) is 23.3 Å². The van der Waals surface area contributed by atoms with E-state index in [9.17, 15) is 9.59 Å². The first-order chi connectivity index (χ1) is 12.4. The Balaban J connectivity index is 2.21. The average Bonchev–Trinajstić information content (AvgIpc) is 2.60. The molecular formula is C21H25NO4. The molecule has 138 valence electrons. The molecule has 5 nitrogen and oxygen atoms in total. The van der Waals surface area contributed by atoms with Crippen LogP contribution in [-0.4, -0.2) is 25.0 Å². The third-order valence-electron chi connectivity index (χ3n) is 4.77. The lowest BCUT2D eigenvalue weighted by molar-refractivity contribution is -0.136. The quantitative estimate of drug-likeness (QED) is 0.836. The number of allylic oxidation sites excluding steroid dienone is 3. The molecule has 0 fully saturated rings. The smallest absolute Gasteiger partial charge is 0.336 e. The van der Waals surface area contributed by atoms with Gasteiger partial charge in [0.1, 0.15) is 5.75 Å². The second-order valence-electron chi connectivity index (χ2n) is 6.96. The maximum absolute atomic E-state index is 12.8. The molecule has 2 aliphatic rings. The van der Waals surface area contributed by atoms with E-state index in [-0.39, 0.29) is 11.9 Å². The van der Waals surface area contributed by atoms with Gasteiger partial charge >= 0.3 is 5.97 Å². The van der Waals surface area contributed by atoms with Crippen molar-refractivity contribution < 1.29 is 19.1 Å². The van der Waals surface area contributed by atoms with Crippen LogP contribution in [0.5, 0.6) is 5.75 Å². The zero-order chi connectivity index (χ0) is 18.8. The Bertz CT molecular complexity index is 804. The molecule has 1 aliphatic heterocycles. The Morgan fingerprint density at radius 3 is 2.65 bits per heavy atom. The van der Waals surface area contributed by atoms with Gasteiger partial charge in [0.05, 0.1) is 24.7 Å². The van der Waals surface area contributed by atoms with Crippen LogP contribution in [0, 0.1) is 0 Å². The van der Waals surface area contributed by atoms with Gasteiger partial charge in [0.25, 0.3) is 0 Å². The van der Waals surface area contributed by atoms with Crippen LogP contribution in [0.2, 0.25) is 0 Å². The zero-order valence-corrected chi connectivity index (χ0v) is 15.7. The number of esters is 1. The Kier molecular flexibility index (Phi) is 5.16. The molecule has 5 heteroatoms. The Hall–Kier alpha value is -2.56. The molecule has 1 aromatic carbocycles. The predicted octanol–water partition coefficient (Wildman–Crippen LogP) is 3.61. The van der Waals surface area contributed by atoms with Crippen molar-refractivity contribution in [2.75, 3.05) is 7.11 Å². The molecule has 1 aromatic rings. The summed E-state index contributed by atoms with van der Waals surface area (Å²) in [5.41, 5.74) is 3.61. The van der Waals surface area contributed by atoms with Gasteiger partial charge < -0.3 is 14.8 Å². The molecule has 1 N–H and O–H groups in total. The Labute approximate surface area is 154 Å². The fourth-order valence-corrected chi connectivity index (χ4v) is 3.76. The fourth-order valence-electron chi connectivity index (χ4n) is 3.76. The van der Waals surface area contributed by atoms with E-state index in [1.54, 1.807) is 0 Å². The molecule has 3 rings (SSSR count). The monoisotopic (exact) mass is 355 g/mol. The third-order valence-corrected chi connectivity index (χ3v) is 4.77. The van der Waals surface area contributed by atoms with Gasteiger partial charge in [0, 0.05) is 29.0 Å². The zero-order valence-electron chi connectivity index (χ0n) is 15.7. The average molecular weight is 355 g/mol. The number of dihydropyridines is 1. The number of nitrogens with one attached hydrogen (secondary N) is 1. The first-order valence-electron chi connectivity index (χ1n) is 9.02. The van der Waals surface area contributed by atoms with Crippen molar-refractivity contribution in [3.05, 3.63) is 52.4 Å². The maximum Gasteiger partial charge on any atom is 0.336 e. The molecule has 26 heavy (non-hydrogen) atoms. The van der Waals surface area contributed by atoms with Crippen molar-refractivity contribution in [3.63, 3.8) is 0 Å². The number of rotatable bonds is 4. The highest BCUT2D eigenvalue weighted by Gasteiger charge is 2.40. The number of methoxy groups -OCH3 is 1. The number of ketones is 1. The van der Waals surface area contributed by atoms with Gasteiger partial charge in [-0.3, -0.25) is 4.79 Å². The molecule has 0 aromatic heterocycles. The summed E-state index contributed by atoms with van der Waals surface area (Å²) in [6, 6.07) is 7.61. The molecule has 0 amide bonds. The summed E-state index contributed by atoms with van der Waals surface area (Å²) < 4.78 is 11.0. The number of ether oxygens (including phenoxy) is 2. The minimum atomic E-state index is -0.471. The highest BCUT2D eigenvalue weighted by molar-refractivity contribution is 6.03. The van der Waals surface area contributed by atoms with Gasteiger partial charge in [0.2, 0.25) is 0 Å². The lowest BCUT2D eigenvalue weighted by atomic mass is 9.75. The van der Waals surface area contributed by atoms with Crippen molar-refractivity contribution >= 4 is 11.8 Å². The normalized spacial score (nSPS) is 20.0. The summed E-state index contributed by atoms with van der Waals surface area (Å²) in [6.45, 7) is 5.77. The van der Waals surface area contributed by atoms with E-state index in [4.69, 9.17) is 9.47 Å². The number of carbonyl (C=O) groups is 2. The molecular weight excluding hydrogens is 330 g/mol. The van der Waals surface area contributed by atoms with Crippen molar-refractivity contribution in [1.82, 2.24) is 5.32 Å². The number of para-hydroxylation sites is 1. The van der Waals surface area contributed by atoms with E-state index >= 15 is 0 Å². The predicted molar refractivity (Wildman–Crippen MR) is 98.7 cm³/mol. The van der Waals surface area contributed by atoms with Crippen molar-refractivity contribution in [1.29, 1.82) is 0 Å². The summed E-state index contributed by atoms with van der Waals surface area (Å²) in [5, 5.41) is 3.27. The number of carbonyl (C=O) groups excluding carboxylic acids is 2. The molecule has 0 bridgehead atoms. The summed E-state index contributed by atoms with van der Waals surface area (Å²) in [4.78, 5) is 25.4. The summed E-state index contributed by atoms with van der Waals surface area (Å²) >= 11 is 0. The van der Waals surface area contributed by atoms with E-state index in [1.165, 1.54) is 7.11 Å². The van der Waals surface area contributed by atoms with Crippen LogP contribution in [0.15, 0.2) is 46.8 Å².